The van der Waals surface area contributed by atoms with Crippen molar-refractivity contribution >= 4 is 40.4 Å². The molecule has 0 fully saturated rings. The molecule has 0 aliphatic rings. The van der Waals surface area contributed by atoms with Gasteiger partial charge in [-0.2, -0.15) is 9.36 Å². The molecule has 1 aromatic heterocycles. The highest BCUT2D eigenvalue weighted by molar-refractivity contribution is 7.99. The Labute approximate surface area is 214 Å². The summed E-state index contributed by atoms with van der Waals surface area (Å²) in [5, 5.41) is 4.18. The standard InChI is InChI=1S/C24H45N5O3S2/c1-4-6-8-10-11-13-16-20(15-12-9-7-5-2)19-25-22(31)27-28-23-26-24(29-34-23)33-18-14-17-21(30)32-3/h20H,4-19H2,1-3H3,(H2,25,27,31)(H,26,28,29). The molecule has 1 rings (SSSR count). The van der Waals surface area contributed by atoms with Crippen molar-refractivity contribution in [2.24, 2.45) is 5.92 Å². The molecule has 2 amide bonds. The Balaban J connectivity index is 2.28. The number of nitrogens with zero attached hydrogens (tertiary/aromatic N) is 2. The minimum absolute atomic E-state index is 0.209. The lowest BCUT2D eigenvalue weighted by Gasteiger charge is -2.18. The average Bonchev–Trinajstić information content (AvgIpc) is 3.30. The number of rotatable bonds is 21. The van der Waals surface area contributed by atoms with E-state index >= 15 is 0 Å². The van der Waals surface area contributed by atoms with Gasteiger partial charge in [0, 0.05) is 30.3 Å². The maximum atomic E-state index is 12.3. The summed E-state index contributed by atoms with van der Waals surface area (Å²) >= 11 is 2.67. The van der Waals surface area contributed by atoms with Crippen LogP contribution in [0.15, 0.2) is 5.16 Å². The van der Waals surface area contributed by atoms with Crippen molar-refractivity contribution in [2.75, 3.05) is 24.8 Å². The number of esters is 1. The number of hydrazine groups is 1. The van der Waals surface area contributed by atoms with Gasteiger partial charge in [-0.3, -0.25) is 10.2 Å². The average molecular weight is 516 g/mol. The molecule has 1 atom stereocenters. The first-order valence-electron chi connectivity index (χ1n) is 12.9. The highest BCUT2D eigenvalue weighted by Gasteiger charge is 2.12. The lowest BCUT2D eigenvalue weighted by Crippen LogP contribution is -2.41. The lowest BCUT2D eigenvalue weighted by molar-refractivity contribution is -0.140. The molecule has 10 heteroatoms. The van der Waals surface area contributed by atoms with Gasteiger partial charge in [0.2, 0.25) is 10.3 Å². The third-order valence-electron chi connectivity index (χ3n) is 5.66. The van der Waals surface area contributed by atoms with E-state index in [4.69, 9.17) is 0 Å². The number of thioether (sulfide) groups is 1. The van der Waals surface area contributed by atoms with Crippen molar-refractivity contribution in [1.82, 2.24) is 20.1 Å². The number of anilines is 1. The number of hydrogen-bond acceptors (Lipinski definition) is 8. The Morgan fingerprint density at radius 3 is 2.29 bits per heavy atom. The van der Waals surface area contributed by atoms with Gasteiger partial charge in [0.1, 0.15) is 0 Å². The fourth-order valence-corrected chi connectivity index (χ4v) is 5.05. The van der Waals surface area contributed by atoms with E-state index in [0.717, 1.165) is 5.75 Å². The largest absolute Gasteiger partial charge is 0.469 e. The van der Waals surface area contributed by atoms with E-state index < -0.39 is 0 Å². The van der Waals surface area contributed by atoms with Gasteiger partial charge in [0.05, 0.1) is 7.11 Å². The van der Waals surface area contributed by atoms with E-state index in [9.17, 15) is 9.59 Å². The molecule has 1 heterocycles. The summed E-state index contributed by atoms with van der Waals surface area (Å²) < 4.78 is 8.89. The van der Waals surface area contributed by atoms with Gasteiger partial charge in [0.25, 0.3) is 0 Å². The zero-order chi connectivity index (χ0) is 24.9. The Kier molecular flexibility index (Phi) is 18.6. The van der Waals surface area contributed by atoms with Gasteiger partial charge in [-0.15, -0.1) is 0 Å². The quantitative estimate of drug-likeness (QED) is 0.0738. The summed E-state index contributed by atoms with van der Waals surface area (Å²) in [5.74, 6) is 1.06. The first-order valence-corrected chi connectivity index (χ1v) is 14.7. The lowest BCUT2D eigenvalue weighted by atomic mass is 9.94. The first-order chi connectivity index (χ1) is 16.6. The molecule has 34 heavy (non-hydrogen) atoms. The van der Waals surface area contributed by atoms with Crippen LogP contribution in [-0.4, -0.2) is 40.8 Å². The van der Waals surface area contributed by atoms with Crippen LogP contribution in [0.3, 0.4) is 0 Å². The third kappa shape index (κ3) is 16.1. The number of urea groups is 1. The molecule has 0 aromatic carbocycles. The van der Waals surface area contributed by atoms with Crippen LogP contribution in [0.2, 0.25) is 0 Å². The van der Waals surface area contributed by atoms with Crippen LogP contribution in [0, 0.1) is 5.92 Å². The molecule has 0 saturated carbocycles. The Bertz CT molecular complexity index is 660. The number of aromatic nitrogens is 2. The summed E-state index contributed by atoms with van der Waals surface area (Å²) in [6, 6.07) is -0.246. The minimum atomic E-state index is -0.246. The van der Waals surface area contributed by atoms with Crippen LogP contribution in [0.1, 0.15) is 104 Å². The van der Waals surface area contributed by atoms with Gasteiger partial charge in [-0.1, -0.05) is 89.8 Å². The number of nitrogens with one attached hydrogen (secondary N) is 3. The van der Waals surface area contributed by atoms with E-state index in [1.54, 1.807) is 0 Å². The summed E-state index contributed by atoms with van der Waals surface area (Å²) in [4.78, 5) is 27.8. The van der Waals surface area contributed by atoms with E-state index in [-0.39, 0.29) is 12.0 Å². The number of carbonyl (C=O) groups excluding carboxylic acids is 2. The molecule has 196 valence electrons. The van der Waals surface area contributed by atoms with Gasteiger partial charge < -0.3 is 10.1 Å². The number of carbonyl (C=O) groups is 2. The molecule has 8 nitrogen and oxygen atoms in total. The summed E-state index contributed by atoms with van der Waals surface area (Å²) in [6.07, 6.45) is 16.3. The van der Waals surface area contributed by atoms with Crippen molar-refractivity contribution in [1.29, 1.82) is 0 Å². The van der Waals surface area contributed by atoms with Gasteiger partial charge in [0.15, 0.2) is 0 Å². The number of ether oxygens (including phenoxy) is 1. The second-order valence-corrected chi connectivity index (χ2v) is 10.5. The molecular formula is C24H45N5O3S2. The molecule has 0 radical (unpaired) electrons. The molecule has 1 unspecified atom stereocenters. The van der Waals surface area contributed by atoms with Crippen LogP contribution >= 0.6 is 23.3 Å². The van der Waals surface area contributed by atoms with E-state index in [2.05, 4.69) is 44.1 Å². The van der Waals surface area contributed by atoms with Gasteiger partial charge in [-0.05, 0) is 25.2 Å². The van der Waals surface area contributed by atoms with Crippen LogP contribution in [0.5, 0.6) is 0 Å². The first kappa shape index (κ1) is 30.5. The molecule has 1 aromatic rings. The highest BCUT2D eigenvalue weighted by atomic mass is 32.2. The van der Waals surface area contributed by atoms with E-state index in [0.29, 0.717) is 35.6 Å². The topological polar surface area (TPSA) is 105 Å². The highest BCUT2D eigenvalue weighted by Crippen LogP contribution is 2.21. The van der Waals surface area contributed by atoms with Crippen molar-refractivity contribution < 1.29 is 14.3 Å². The maximum absolute atomic E-state index is 12.3. The van der Waals surface area contributed by atoms with E-state index in [1.807, 2.05) is 0 Å². The predicted molar refractivity (Wildman–Crippen MR) is 142 cm³/mol. The third-order valence-corrected chi connectivity index (χ3v) is 7.34. The van der Waals surface area contributed by atoms with Crippen LogP contribution in [0.25, 0.3) is 0 Å². The predicted octanol–water partition coefficient (Wildman–Crippen LogP) is 6.55. The summed E-state index contributed by atoms with van der Waals surface area (Å²) in [5.41, 5.74) is 5.50. The zero-order valence-electron chi connectivity index (χ0n) is 21.3. The Morgan fingerprint density at radius 1 is 0.971 bits per heavy atom. The Morgan fingerprint density at radius 2 is 1.62 bits per heavy atom. The van der Waals surface area contributed by atoms with Crippen molar-refractivity contribution in [3.63, 3.8) is 0 Å². The number of methoxy groups -OCH3 is 1. The van der Waals surface area contributed by atoms with E-state index in [1.165, 1.54) is 107 Å². The normalized spacial score (nSPS) is 11.7. The molecule has 3 N–H and O–H groups in total. The number of unbranched alkanes of at least 4 members (excludes halogenated alkanes) is 8. The Hall–Kier alpha value is -1.55. The molecule has 0 spiro atoms. The number of hydrogen-bond donors (Lipinski definition) is 3. The minimum Gasteiger partial charge on any atom is -0.469 e. The van der Waals surface area contributed by atoms with Gasteiger partial charge in [-0.25, -0.2) is 10.2 Å². The second kappa shape index (κ2) is 20.8. The molecule has 0 saturated heterocycles. The van der Waals surface area contributed by atoms with Gasteiger partial charge >= 0.3 is 12.0 Å². The molecule has 0 aliphatic heterocycles. The van der Waals surface area contributed by atoms with Crippen molar-refractivity contribution in [2.45, 2.75) is 109 Å². The monoisotopic (exact) mass is 515 g/mol. The smallest absolute Gasteiger partial charge is 0.333 e. The SMILES string of the molecule is CCCCCCCCC(CCCCCC)CNC(=O)NNc1nc(SCCCC(=O)OC)ns1. The molecular weight excluding hydrogens is 470 g/mol. The van der Waals surface area contributed by atoms with Crippen LogP contribution < -0.4 is 16.2 Å². The van der Waals surface area contributed by atoms with Crippen LogP contribution in [-0.2, 0) is 9.53 Å². The van der Waals surface area contributed by atoms with Crippen molar-refractivity contribution in [3.05, 3.63) is 0 Å². The van der Waals surface area contributed by atoms with Crippen molar-refractivity contribution in [3.8, 4) is 0 Å². The second-order valence-electron chi connectivity index (χ2n) is 8.64. The summed E-state index contributed by atoms with van der Waals surface area (Å²) in [7, 11) is 1.39. The summed E-state index contributed by atoms with van der Waals surface area (Å²) in [6.45, 7) is 5.18. The molecule has 0 bridgehead atoms. The van der Waals surface area contributed by atoms with Crippen LogP contribution in [0.4, 0.5) is 9.93 Å². The zero-order valence-corrected chi connectivity index (χ0v) is 23.0. The molecule has 0 aliphatic carbocycles. The maximum Gasteiger partial charge on any atom is 0.333 e. The fourth-order valence-electron chi connectivity index (χ4n) is 3.61. The number of amides is 2. The fraction of sp³-hybridized carbons (Fsp3) is 0.833.